The highest BCUT2D eigenvalue weighted by molar-refractivity contribution is 6.10. The Morgan fingerprint density at radius 1 is 1.35 bits per heavy atom. The van der Waals surface area contributed by atoms with Gasteiger partial charge in [0.05, 0.1) is 12.1 Å². The minimum atomic E-state index is 0.125. The highest BCUT2D eigenvalue weighted by atomic mass is 16.7. The van der Waals surface area contributed by atoms with Crippen molar-refractivity contribution in [1.82, 2.24) is 10.3 Å². The number of ether oxygens (including phenoxy) is 2. The fourth-order valence-corrected chi connectivity index (χ4v) is 2.69. The highest BCUT2D eigenvalue weighted by Gasteiger charge is 2.24. The molecule has 0 bridgehead atoms. The number of aryl methyl sites for hydroxylation is 1. The van der Waals surface area contributed by atoms with Gasteiger partial charge in [0.15, 0.2) is 17.3 Å². The summed E-state index contributed by atoms with van der Waals surface area (Å²) in [6.45, 7) is 2.57. The van der Waals surface area contributed by atoms with Crippen LogP contribution < -0.4 is 14.8 Å². The van der Waals surface area contributed by atoms with Crippen molar-refractivity contribution in [3.05, 3.63) is 23.4 Å². The van der Waals surface area contributed by atoms with Crippen molar-refractivity contribution in [2.75, 3.05) is 13.3 Å². The van der Waals surface area contributed by atoms with Crippen molar-refractivity contribution in [2.24, 2.45) is 0 Å². The zero-order valence-corrected chi connectivity index (χ0v) is 11.3. The molecule has 1 aromatic heterocycles. The predicted octanol–water partition coefficient (Wildman–Crippen LogP) is 2.14. The number of carbonyl (C=O) groups is 1. The van der Waals surface area contributed by atoms with Crippen LogP contribution in [0, 0.1) is 6.92 Å². The monoisotopic (exact) mass is 272 g/mol. The second kappa shape index (κ2) is 4.24. The molecule has 1 aliphatic heterocycles. The van der Waals surface area contributed by atoms with Gasteiger partial charge >= 0.3 is 0 Å². The number of rotatable bonds is 4. The molecule has 4 rings (SSSR count). The molecule has 2 aliphatic rings. The first-order valence-electron chi connectivity index (χ1n) is 6.91. The molecule has 5 heteroatoms. The van der Waals surface area contributed by atoms with Crippen LogP contribution in [-0.4, -0.2) is 30.1 Å². The Kier molecular flexibility index (Phi) is 2.50. The summed E-state index contributed by atoms with van der Waals surface area (Å²) in [7, 11) is 0. The summed E-state index contributed by atoms with van der Waals surface area (Å²) in [5.74, 6) is 1.56. The molecule has 1 saturated carbocycles. The van der Waals surface area contributed by atoms with E-state index in [1.807, 2.05) is 19.1 Å². The van der Waals surface area contributed by atoms with Crippen LogP contribution in [0.5, 0.6) is 11.5 Å². The largest absolute Gasteiger partial charge is 0.454 e. The molecule has 5 nitrogen and oxygen atoms in total. The SMILES string of the molecule is Cc1[nH]c2cc3c(cc2c1C(=O)CNC1CC1)OCO3. The van der Waals surface area contributed by atoms with E-state index in [4.69, 9.17) is 9.47 Å². The Bertz CT molecular complexity index is 701. The fraction of sp³-hybridized carbons (Fsp3) is 0.400. The summed E-state index contributed by atoms with van der Waals surface area (Å²) in [5, 5.41) is 4.18. The summed E-state index contributed by atoms with van der Waals surface area (Å²) in [6.07, 6.45) is 2.36. The third-order valence-corrected chi connectivity index (χ3v) is 3.89. The van der Waals surface area contributed by atoms with E-state index < -0.39 is 0 Å². The van der Waals surface area contributed by atoms with Gasteiger partial charge in [-0.15, -0.1) is 0 Å². The summed E-state index contributed by atoms with van der Waals surface area (Å²) < 4.78 is 10.8. The molecule has 2 N–H and O–H groups in total. The number of fused-ring (bicyclic) bond motifs is 2. The molecule has 0 spiro atoms. The Morgan fingerprint density at radius 3 is 2.85 bits per heavy atom. The fourth-order valence-electron chi connectivity index (χ4n) is 2.69. The highest BCUT2D eigenvalue weighted by Crippen LogP contribution is 2.37. The number of carbonyl (C=O) groups excluding carboxylic acids is 1. The Hall–Kier alpha value is -2.01. The van der Waals surface area contributed by atoms with Crippen molar-refractivity contribution in [3.63, 3.8) is 0 Å². The smallest absolute Gasteiger partial charge is 0.231 e. The van der Waals surface area contributed by atoms with E-state index in [9.17, 15) is 4.79 Å². The Morgan fingerprint density at radius 2 is 2.10 bits per heavy atom. The summed E-state index contributed by atoms with van der Waals surface area (Å²) in [6, 6.07) is 4.33. The average molecular weight is 272 g/mol. The van der Waals surface area contributed by atoms with Crippen LogP contribution in [-0.2, 0) is 0 Å². The summed E-state index contributed by atoms with van der Waals surface area (Å²) in [5.41, 5.74) is 2.57. The van der Waals surface area contributed by atoms with Gasteiger partial charge < -0.3 is 19.8 Å². The zero-order chi connectivity index (χ0) is 13.7. The van der Waals surface area contributed by atoms with Crippen LogP contribution in [0.15, 0.2) is 12.1 Å². The van der Waals surface area contributed by atoms with E-state index in [0.717, 1.165) is 27.9 Å². The molecule has 2 heterocycles. The van der Waals surface area contributed by atoms with Gasteiger partial charge in [0.25, 0.3) is 0 Å². The van der Waals surface area contributed by atoms with Crippen molar-refractivity contribution < 1.29 is 14.3 Å². The van der Waals surface area contributed by atoms with Crippen molar-refractivity contribution in [3.8, 4) is 11.5 Å². The number of aromatic amines is 1. The summed E-state index contributed by atoms with van der Waals surface area (Å²) in [4.78, 5) is 15.7. The van der Waals surface area contributed by atoms with E-state index in [2.05, 4.69) is 10.3 Å². The van der Waals surface area contributed by atoms with Gasteiger partial charge in [-0.3, -0.25) is 4.79 Å². The number of ketones is 1. The normalized spacial score (nSPS) is 16.9. The minimum absolute atomic E-state index is 0.125. The van der Waals surface area contributed by atoms with Gasteiger partial charge in [-0.2, -0.15) is 0 Å². The van der Waals surface area contributed by atoms with Crippen molar-refractivity contribution in [2.45, 2.75) is 25.8 Å². The Balaban J connectivity index is 1.73. The van der Waals surface area contributed by atoms with Gasteiger partial charge in [-0.25, -0.2) is 0 Å². The first-order chi connectivity index (χ1) is 9.72. The number of H-pyrrole nitrogens is 1. The molecule has 1 fully saturated rings. The van der Waals surface area contributed by atoms with Crippen LogP contribution in [0.1, 0.15) is 28.9 Å². The number of nitrogens with one attached hydrogen (secondary N) is 2. The van der Waals surface area contributed by atoms with E-state index in [-0.39, 0.29) is 12.6 Å². The first-order valence-corrected chi connectivity index (χ1v) is 6.91. The van der Waals surface area contributed by atoms with Gasteiger partial charge in [0, 0.05) is 28.8 Å². The molecule has 0 radical (unpaired) electrons. The standard InChI is InChI=1S/C15H16N2O3/c1-8-15(12(18)6-16-9-2-3-9)10-4-13-14(20-7-19-13)5-11(10)17-8/h4-5,9,16-17H,2-3,6-7H2,1H3. The molecule has 0 atom stereocenters. The van der Waals surface area contributed by atoms with E-state index in [1.54, 1.807) is 0 Å². The maximum Gasteiger partial charge on any atom is 0.231 e. The number of benzene rings is 1. The van der Waals surface area contributed by atoms with Gasteiger partial charge in [-0.1, -0.05) is 0 Å². The van der Waals surface area contributed by atoms with Crippen LogP contribution in [0.25, 0.3) is 10.9 Å². The Labute approximate surface area is 116 Å². The average Bonchev–Trinajstić information content (AvgIpc) is 3.05. The lowest BCUT2D eigenvalue weighted by atomic mass is 10.1. The molecule has 104 valence electrons. The first kappa shape index (κ1) is 11.8. The second-order valence-corrected chi connectivity index (χ2v) is 5.45. The minimum Gasteiger partial charge on any atom is -0.454 e. The molecule has 2 aromatic rings. The van der Waals surface area contributed by atoms with Gasteiger partial charge in [0.2, 0.25) is 6.79 Å². The summed E-state index contributed by atoms with van der Waals surface area (Å²) >= 11 is 0. The maximum atomic E-state index is 12.4. The van der Waals surface area contributed by atoms with Crippen LogP contribution in [0.4, 0.5) is 0 Å². The molecule has 0 unspecified atom stereocenters. The molecule has 1 aliphatic carbocycles. The van der Waals surface area contributed by atoms with Gasteiger partial charge in [-0.05, 0) is 25.8 Å². The number of hydrogen-bond donors (Lipinski definition) is 2. The van der Waals surface area contributed by atoms with E-state index in [1.165, 1.54) is 12.8 Å². The molecule has 1 aromatic carbocycles. The predicted molar refractivity (Wildman–Crippen MR) is 74.5 cm³/mol. The molecule has 20 heavy (non-hydrogen) atoms. The van der Waals surface area contributed by atoms with E-state index >= 15 is 0 Å². The van der Waals surface area contributed by atoms with Crippen molar-refractivity contribution >= 4 is 16.7 Å². The number of aromatic nitrogens is 1. The van der Waals surface area contributed by atoms with Crippen molar-refractivity contribution in [1.29, 1.82) is 0 Å². The number of Topliss-reactive ketones (excluding diaryl/α,β-unsaturated/α-hetero) is 1. The molecular formula is C15H16N2O3. The lowest BCUT2D eigenvalue weighted by molar-refractivity contribution is 0.0991. The third kappa shape index (κ3) is 1.86. The third-order valence-electron chi connectivity index (χ3n) is 3.89. The topological polar surface area (TPSA) is 63.4 Å². The number of hydrogen-bond acceptors (Lipinski definition) is 4. The van der Waals surface area contributed by atoms with Gasteiger partial charge in [0.1, 0.15) is 0 Å². The zero-order valence-electron chi connectivity index (χ0n) is 11.3. The molecule has 0 saturated heterocycles. The maximum absolute atomic E-state index is 12.4. The van der Waals surface area contributed by atoms with Crippen LogP contribution in [0.2, 0.25) is 0 Å². The van der Waals surface area contributed by atoms with Crippen LogP contribution >= 0.6 is 0 Å². The van der Waals surface area contributed by atoms with E-state index in [0.29, 0.717) is 18.3 Å². The second-order valence-electron chi connectivity index (χ2n) is 5.45. The van der Waals surface area contributed by atoms with Crippen LogP contribution in [0.3, 0.4) is 0 Å². The quantitative estimate of drug-likeness (QED) is 0.837. The lowest BCUT2D eigenvalue weighted by Gasteiger charge is -2.03. The molecule has 0 amide bonds. The lowest BCUT2D eigenvalue weighted by Crippen LogP contribution is -2.25. The molecular weight excluding hydrogens is 256 g/mol.